The Balaban J connectivity index is 2.23. The minimum atomic E-state index is -4.55. The van der Waals surface area contributed by atoms with E-state index < -0.39 is 12.8 Å². The summed E-state index contributed by atoms with van der Waals surface area (Å²) in [6, 6.07) is 40.7. The average molecular weight is 400 g/mol. The van der Waals surface area contributed by atoms with Gasteiger partial charge in [-0.25, -0.2) is 0 Å². The van der Waals surface area contributed by atoms with Gasteiger partial charge in [0.25, 0.3) is 0 Å². The summed E-state index contributed by atoms with van der Waals surface area (Å²) >= 11 is -4.55. The van der Waals surface area contributed by atoms with Gasteiger partial charge in [0.15, 0.2) is 0 Å². The first-order valence-electron chi connectivity index (χ1n) is 8.74. The van der Waals surface area contributed by atoms with Gasteiger partial charge in [0.2, 0.25) is 0 Å². The molecule has 0 fully saturated rings. The molecule has 0 aliphatic carbocycles. The van der Waals surface area contributed by atoms with E-state index in [-0.39, 0.29) is 0 Å². The van der Waals surface area contributed by atoms with Crippen molar-refractivity contribution in [3.63, 3.8) is 0 Å². The van der Waals surface area contributed by atoms with E-state index in [4.69, 9.17) is 0 Å². The normalized spacial score (nSPS) is 12.9. The van der Waals surface area contributed by atoms with Crippen LogP contribution in [-0.4, -0.2) is 16.9 Å². The van der Waals surface area contributed by atoms with Crippen LogP contribution in [0.3, 0.4) is 0 Å². The Bertz CT molecular complexity index is 814. The zero-order valence-corrected chi connectivity index (χ0v) is 16.3. The maximum atomic E-state index is 13.0. The second kappa shape index (κ2) is 6.61. The summed E-state index contributed by atoms with van der Waals surface area (Å²) in [5.74, 6) is 0. The third kappa shape index (κ3) is 2.36. The predicted octanol–water partition coefficient (Wildman–Crippen LogP) is 2.51. The number of hydrogen-bond donors (Lipinski definition) is 1. The van der Waals surface area contributed by atoms with E-state index >= 15 is 0 Å². The molecule has 0 atom stereocenters. The second-order valence-corrected chi connectivity index (χ2v) is 15.2. The van der Waals surface area contributed by atoms with Gasteiger partial charge >= 0.3 is 156 Å². The van der Waals surface area contributed by atoms with Crippen LogP contribution < -0.4 is 17.4 Å². The zero-order chi connectivity index (χ0) is 17.9. The molecule has 1 nitrogen and oxygen atoms in total. The van der Waals surface area contributed by atoms with Crippen molar-refractivity contribution in [1.82, 2.24) is 0 Å². The van der Waals surface area contributed by atoms with E-state index in [2.05, 4.69) is 48.5 Å². The van der Waals surface area contributed by atoms with Crippen LogP contribution >= 0.6 is 0 Å². The Labute approximate surface area is 155 Å². The molecule has 4 rings (SSSR count). The molecule has 0 amide bonds. The molecule has 0 spiro atoms. The number of hydrogen-bond acceptors (Lipinski definition) is 1. The van der Waals surface area contributed by atoms with Crippen LogP contribution in [0, 0.1) is 0 Å². The van der Waals surface area contributed by atoms with E-state index in [0.717, 1.165) is 17.4 Å². The Kier molecular flexibility index (Phi) is 4.28. The van der Waals surface area contributed by atoms with Crippen molar-refractivity contribution in [2.45, 2.75) is 0 Å². The van der Waals surface area contributed by atoms with Crippen LogP contribution in [0.2, 0.25) is 0 Å². The van der Waals surface area contributed by atoms with Crippen LogP contribution in [-0.2, 0) is 0 Å². The van der Waals surface area contributed by atoms with Gasteiger partial charge in [0.05, 0.1) is 0 Å². The summed E-state index contributed by atoms with van der Waals surface area (Å²) in [5.41, 5.74) is 0. The zero-order valence-electron chi connectivity index (χ0n) is 14.4. The molecule has 0 saturated heterocycles. The maximum absolute atomic E-state index is 13.0. The molecular formula is C24H21AsO. The molecular weight excluding hydrogens is 379 g/mol. The summed E-state index contributed by atoms with van der Waals surface area (Å²) in [7, 11) is 0. The van der Waals surface area contributed by atoms with Crippen molar-refractivity contribution < 1.29 is 4.10 Å². The van der Waals surface area contributed by atoms with E-state index in [1.807, 2.05) is 72.8 Å². The van der Waals surface area contributed by atoms with Crippen molar-refractivity contribution in [1.29, 1.82) is 0 Å². The topological polar surface area (TPSA) is 20.2 Å². The summed E-state index contributed by atoms with van der Waals surface area (Å²) < 4.78 is 17.0. The molecule has 1 N–H and O–H groups in total. The molecule has 4 aromatic rings. The number of benzene rings is 4. The summed E-state index contributed by atoms with van der Waals surface area (Å²) in [4.78, 5) is 0. The molecule has 0 aliphatic heterocycles. The first-order chi connectivity index (χ1) is 12.7. The molecule has 0 radical (unpaired) electrons. The Morgan fingerprint density at radius 3 is 0.731 bits per heavy atom. The van der Waals surface area contributed by atoms with Gasteiger partial charge in [-0.3, -0.25) is 0 Å². The molecule has 0 heterocycles. The van der Waals surface area contributed by atoms with Gasteiger partial charge in [-0.15, -0.1) is 0 Å². The number of rotatable bonds is 4. The fraction of sp³-hybridized carbons (Fsp3) is 0. The molecule has 26 heavy (non-hydrogen) atoms. The third-order valence-electron chi connectivity index (χ3n) is 5.04. The van der Waals surface area contributed by atoms with E-state index in [1.54, 1.807) is 0 Å². The standard InChI is InChI=1S/C24H21AsO/c26-25(21-13-5-1-6-14-21,22-15-7-2-8-16-22,23-17-9-3-10-18-23)24-19-11-4-12-20-24/h1-20,26H. The van der Waals surface area contributed by atoms with Crippen molar-refractivity contribution in [3.05, 3.63) is 121 Å². The molecule has 2 heteroatoms. The summed E-state index contributed by atoms with van der Waals surface area (Å²) in [6.45, 7) is 0. The van der Waals surface area contributed by atoms with Gasteiger partial charge in [-0.05, 0) is 0 Å². The van der Waals surface area contributed by atoms with Gasteiger partial charge in [-0.1, -0.05) is 0 Å². The molecule has 0 unspecified atom stereocenters. The molecule has 0 bridgehead atoms. The molecule has 4 aromatic carbocycles. The second-order valence-electron chi connectivity index (χ2n) is 6.41. The quantitative estimate of drug-likeness (QED) is 0.522. The summed E-state index contributed by atoms with van der Waals surface area (Å²) in [5, 5.41) is 0. The Morgan fingerprint density at radius 2 is 0.538 bits per heavy atom. The first kappa shape index (κ1) is 16.8. The summed E-state index contributed by atoms with van der Waals surface area (Å²) in [6.07, 6.45) is 0. The van der Waals surface area contributed by atoms with E-state index in [9.17, 15) is 4.10 Å². The van der Waals surface area contributed by atoms with Crippen molar-refractivity contribution in [2.75, 3.05) is 0 Å². The fourth-order valence-corrected chi connectivity index (χ4v) is 13.8. The van der Waals surface area contributed by atoms with Gasteiger partial charge in [0.1, 0.15) is 0 Å². The average Bonchev–Trinajstić information content (AvgIpc) is 2.76. The first-order valence-corrected chi connectivity index (χ1v) is 13.3. The van der Waals surface area contributed by atoms with Crippen molar-refractivity contribution in [2.24, 2.45) is 0 Å². The molecule has 128 valence electrons. The molecule has 0 saturated carbocycles. The third-order valence-corrected chi connectivity index (χ3v) is 16.0. The Hall–Kier alpha value is -2.60. The monoisotopic (exact) mass is 400 g/mol. The van der Waals surface area contributed by atoms with Crippen LogP contribution in [0.1, 0.15) is 0 Å². The van der Waals surface area contributed by atoms with Crippen molar-refractivity contribution in [3.8, 4) is 0 Å². The van der Waals surface area contributed by atoms with E-state index in [1.165, 1.54) is 0 Å². The van der Waals surface area contributed by atoms with Gasteiger partial charge in [0, 0.05) is 0 Å². The van der Waals surface area contributed by atoms with Crippen LogP contribution in [0.15, 0.2) is 121 Å². The minimum absolute atomic E-state index is 0.995. The fourth-order valence-electron chi connectivity index (χ4n) is 3.77. The SMILES string of the molecule is O[As](c1ccccc1)(c1ccccc1)(c1ccccc1)c1ccccc1. The van der Waals surface area contributed by atoms with Crippen LogP contribution in [0.25, 0.3) is 0 Å². The predicted molar refractivity (Wildman–Crippen MR) is 112 cm³/mol. The van der Waals surface area contributed by atoms with Gasteiger partial charge < -0.3 is 0 Å². The molecule has 0 aromatic heterocycles. The van der Waals surface area contributed by atoms with Crippen LogP contribution in [0.5, 0.6) is 0 Å². The Morgan fingerprint density at radius 1 is 0.346 bits per heavy atom. The van der Waals surface area contributed by atoms with E-state index in [0.29, 0.717) is 0 Å². The molecule has 0 aliphatic rings. The van der Waals surface area contributed by atoms with Crippen LogP contribution in [0.4, 0.5) is 0 Å². The van der Waals surface area contributed by atoms with Gasteiger partial charge in [-0.2, -0.15) is 0 Å². The van der Waals surface area contributed by atoms with Crippen molar-refractivity contribution >= 4 is 30.2 Å².